The van der Waals surface area contributed by atoms with Crippen molar-refractivity contribution in [3.8, 4) is 0 Å². The quantitative estimate of drug-likeness (QED) is 0.564. The van der Waals surface area contributed by atoms with Crippen molar-refractivity contribution in [2.24, 2.45) is 0 Å². The smallest absolute Gasteiger partial charge is 0.169 e. The van der Waals surface area contributed by atoms with Crippen LogP contribution in [0.5, 0.6) is 0 Å². The molecule has 1 aromatic heterocycles. The second kappa shape index (κ2) is 6.90. The summed E-state index contributed by atoms with van der Waals surface area (Å²) in [5, 5.41) is 6.51. The van der Waals surface area contributed by atoms with E-state index in [4.69, 9.17) is 9.47 Å². The first-order valence-corrected chi connectivity index (χ1v) is 5.81. The van der Waals surface area contributed by atoms with Crippen LogP contribution in [0.1, 0.15) is 10.7 Å². The predicted octanol–water partition coefficient (Wildman–Crippen LogP) is 1.20. The Morgan fingerprint density at radius 2 is 2.20 bits per heavy atom. The van der Waals surface area contributed by atoms with Crippen molar-refractivity contribution in [1.82, 2.24) is 10.3 Å². The third-order valence-corrected chi connectivity index (χ3v) is 3.05. The molecule has 1 heterocycles. The highest BCUT2D eigenvalue weighted by atomic mass is 32.1. The summed E-state index contributed by atoms with van der Waals surface area (Å²) in [4.78, 5) is 4.38. The first-order valence-electron chi connectivity index (χ1n) is 4.93. The molecule has 0 radical (unpaired) electrons. The molecule has 0 unspecified atom stereocenters. The number of hydrogen-bond donors (Lipinski definition) is 1. The van der Waals surface area contributed by atoms with Gasteiger partial charge in [-0.2, -0.15) is 0 Å². The Morgan fingerprint density at radius 3 is 2.73 bits per heavy atom. The van der Waals surface area contributed by atoms with E-state index in [9.17, 15) is 0 Å². The molecule has 0 aliphatic rings. The molecule has 1 N–H and O–H groups in total. The van der Waals surface area contributed by atoms with E-state index in [-0.39, 0.29) is 6.29 Å². The Balaban J connectivity index is 2.11. The van der Waals surface area contributed by atoms with E-state index in [0.717, 1.165) is 18.7 Å². The van der Waals surface area contributed by atoms with Gasteiger partial charge in [-0.15, -0.1) is 11.3 Å². The molecule has 1 rings (SSSR count). The third-order valence-electron chi connectivity index (χ3n) is 2.02. The highest BCUT2D eigenvalue weighted by Crippen LogP contribution is 2.08. The van der Waals surface area contributed by atoms with E-state index in [1.807, 2.05) is 6.92 Å². The number of nitrogens with zero attached hydrogens (tertiary/aromatic N) is 1. The molecular weight excluding hydrogens is 212 g/mol. The number of aryl methyl sites for hydroxylation is 1. The molecule has 0 atom stereocenters. The molecule has 0 saturated heterocycles. The first-order chi connectivity index (χ1) is 7.26. The minimum absolute atomic E-state index is 0.164. The van der Waals surface area contributed by atoms with Gasteiger partial charge in [0.1, 0.15) is 0 Å². The lowest BCUT2D eigenvalue weighted by Gasteiger charge is -2.13. The molecule has 15 heavy (non-hydrogen) atoms. The fourth-order valence-electron chi connectivity index (χ4n) is 1.20. The van der Waals surface area contributed by atoms with Crippen molar-refractivity contribution in [2.75, 3.05) is 27.3 Å². The van der Waals surface area contributed by atoms with E-state index in [2.05, 4.69) is 15.7 Å². The second-order valence-corrected chi connectivity index (χ2v) is 4.18. The number of aromatic nitrogens is 1. The van der Waals surface area contributed by atoms with Crippen molar-refractivity contribution in [3.63, 3.8) is 0 Å². The Hall–Kier alpha value is -0.490. The number of thiazole rings is 1. The summed E-state index contributed by atoms with van der Waals surface area (Å²) in [6.07, 6.45) is 0.793. The molecule has 0 aliphatic carbocycles. The molecule has 0 amide bonds. The van der Waals surface area contributed by atoms with Gasteiger partial charge in [-0.05, 0) is 6.92 Å². The van der Waals surface area contributed by atoms with Crippen LogP contribution in [-0.2, 0) is 15.9 Å². The van der Waals surface area contributed by atoms with Crippen molar-refractivity contribution in [3.05, 3.63) is 16.1 Å². The van der Waals surface area contributed by atoms with Gasteiger partial charge >= 0.3 is 0 Å². The number of methoxy groups -OCH3 is 2. The Bertz CT molecular complexity index is 274. The van der Waals surface area contributed by atoms with Gasteiger partial charge in [0, 0.05) is 44.8 Å². The average molecular weight is 230 g/mol. The predicted molar refractivity (Wildman–Crippen MR) is 61.2 cm³/mol. The van der Waals surface area contributed by atoms with Gasteiger partial charge in [-0.25, -0.2) is 4.98 Å². The van der Waals surface area contributed by atoms with Gasteiger partial charge in [-0.1, -0.05) is 0 Å². The Morgan fingerprint density at radius 1 is 1.47 bits per heavy atom. The SMILES string of the molecule is COC(CNCCc1nc(C)cs1)OC. The number of nitrogens with one attached hydrogen (secondary N) is 1. The van der Waals surface area contributed by atoms with Crippen molar-refractivity contribution in [2.45, 2.75) is 19.6 Å². The standard InChI is InChI=1S/C10H18N2O2S/c1-8-7-15-9(12-8)4-5-11-6-10(13-2)14-3/h7,10-11H,4-6H2,1-3H3. The van der Waals surface area contributed by atoms with Crippen molar-refractivity contribution in [1.29, 1.82) is 0 Å². The molecule has 0 aromatic carbocycles. The number of rotatable bonds is 7. The first kappa shape index (κ1) is 12.6. The normalized spacial score (nSPS) is 11.2. The fourth-order valence-corrected chi connectivity index (χ4v) is 1.97. The Labute approximate surface area is 94.6 Å². The maximum atomic E-state index is 5.06. The summed E-state index contributed by atoms with van der Waals surface area (Å²) < 4.78 is 10.1. The summed E-state index contributed by atoms with van der Waals surface area (Å²) in [7, 11) is 3.28. The van der Waals surface area contributed by atoms with Gasteiger partial charge in [0.25, 0.3) is 0 Å². The highest BCUT2D eigenvalue weighted by Gasteiger charge is 2.03. The highest BCUT2D eigenvalue weighted by molar-refractivity contribution is 7.09. The molecule has 86 valence electrons. The molecule has 4 nitrogen and oxygen atoms in total. The topological polar surface area (TPSA) is 43.4 Å². The third kappa shape index (κ3) is 4.70. The zero-order valence-electron chi connectivity index (χ0n) is 9.45. The van der Waals surface area contributed by atoms with Crippen LogP contribution in [0.15, 0.2) is 5.38 Å². The molecule has 0 bridgehead atoms. The minimum Gasteiger partial charge on any atom is -0.355 e. The molecule has 0 fully saturated rings. The average Bonchev–Trinajstić information content (AvgIpc) is 2.65. The van der Waals surface area contributed by atoms with Gasteiger partial charge < -0.3 is 14.8 Å². The van der Waals surface area contributed by atoms with E-state index in [1.165, 1.54) is 5.01 Å². The van der Waals surface area contributed by atoms with Crippen LogP contribution in [0.25, 0.3) is 0 Å². The summed E-state index contributed by atoms with van der Waals surface area (Å²) in [6, 6.07) is 0. The summed E-state index contributed by atoms with van der Waals surface area (Å²) >= 11 is 1.71. The van der Waals surface area contributed by atoms with Crippen molar-refractivity contribution >= 4 is 11.3 Å². The van der Waals surface area contributed by atoms with Crippen LogP contribution in [0, 0.1) is 6.92 Å². The molecule has 0 spiro atoms. The fraction of sp³-hybridized carbons (Fsp3) is 0.700. The second-order valence-electron chi connectivity index (χ2n) is 3.24. The molecule has 5 heteroatoms. The maximum absolute atomic E-state index is 5.06. The van der Waals surface area contributed by atoms with Gasteiger partial charge in [0.05, 0.1) is 5.01 Å². The summed E-state index contributed by atoms with van der Waals surface area (Å²) in [6.45, 7) is 3.62. The van der Waals surface area contributed by atoms with Gasteiger partial charge in [0.2, 0.25) is 0 Å². The summed E-state index contributed by atoms with van der Waals surface area (Å²) in [5.74, 6) is 0. The largest absolute Gasteiger partial charge is 0.355 e. The van der Waals surface area contributed by atoms with E-state index in [0.29, 0.717) is 6.54 Å². The monoisotopic (exact) mass is 230 g/mol. The number of ether oxygens (including phenoxy) is 2. The molecule has 0 saturated carbocycles. The van der Waals surface area contributed by atoms with Crippen molar-refractivity contribution < 1.29 is 9.47 Å². The maximum Gasteiger partial charge on any atom is 0.169 e. The number of hydrogen-bond acceptors (Lipinski definition) is 5. The van der Waals surface area contributed by atoms with E-state index < -0.39 is 0 Å². The summed E-state index contributed by atoms with van der Waals surface area (Å²) in [5.41, 5.74) is 1.10. The van der Waals surface area contributed by atoms with E-state index >= 15 is 0 Å². The van der Waals surface area contributed by atoms with Crippen LogP contribution >= 0.6 is 11.3 Å². The van der Waals surface area contributed by atoms with Gasteiger partial charge in [0.15, 0.2) is 6.29 Å². The van der Waals surface area contributed by atoms with Crippen LogP contribution in [0.4, 0.5) is 0 Å². The van der Waals surface area contributed by atoms with E-state index in [1.54, 1.807) is 25.6 Å². The lowest BCUT2D eigenvalue weighted by atomic mass is 10.4. The van der Waals surface area contributed by atoms with Gasteiger partial charge in [-0.3, -0.25) is 0 Å². The van der Waals surface area contributed by atoms with Crippen LogP contribution in [0.3, 0.4) is 0 Å². The molecule has 0 aliphatic heterocycles. The van der Waals surface area contributed by atoms with Crippen LogP contribution in [-0.4, -0.2) is 38.6 Å². The minimum atomic E-state index is -0.164. The van der Waals surface area contributed by atoms with Crippen LogP contribution < -0.4 is 5.32 Å². The lowest BCUT2D eigenvalue weighted by molar-refractivity contribution is -0.0986. The zero-order valence-corrected chi connectivity index (χ0v) is 10.3. The lowest BCUT2D eigenvalue weighted by Crippen LogP contribution is -2.31. The zero-order chi connectivity index (χ0) is 11.1. The Kier molecular flexibility index (Phi) is 5.78. The molecular formula is C10H18N2O2S. The molecule has 1 aromatic rings. The van der Waals surface area contributed by atoms with Crippen LogP contribution in [0.2, 0.25) is 0 Å².